The van der Waals surface area contributed by atoms with Gasteiger partial charge in [-0.2, -0.15) is 4.68 Å². The van der Waals surface area contributed by atoms with Gasteiger partial charge >= 0.3 is 0 Å². The second kappa shape index (κ2) is 8.10. The van der Waals surface area contributed by atoms with Crippen LogP contribution in [0.1, 0.15) is 43.3 Å². The molecule has 0 saturated heterocycles. The van der Waals surface area contributed by atoms with Gasteiger partial charge in [0.25, 0.3) is 5.56 Å². The first-order chi connectivity index (χ1) is 14.7. The zero-order valence-electron chi connectivity index (χ0n) is 16.9. The Kier molecular flexibility index (Phi) is 5.16. The van der Waals surface area contributed by atoms with Gasteiger partial charge in [0.2, 0.25) is 0 Å². The summed E-state index contributed by atoms with van der Waals surface area (Å²) in [6.07, 6.45) is 5.02. The molecule has 0 atom stereocenters. The maximum absolute atomic E-state index is 13.3. The van der Waals surface area contributed by atoms with E-state index >= 15 is 0 Å². The van der Waals surface area contributed by atoms with Crippen LogP contribution in [0.3, 0.4) is 0 Å². The fourth-order valence-electron chi connectivity index (χ4n) is 3.93. The lowest BCUT2D eigenvalue weighted by Gasteiger charge is -2.17. The van der Waals surface area contributed by atoms with Crippen molar-refractivity contribution in [3.8, 4) is 17.1 Å². The zero-order chi connectivity index (χ0) is 20.5. The molecule has 0 unspecified atom stereocenters. The third-order valence-electron chi connectivity index (χ3n) is 5.48. The predicted molar refractivity (Wildman–Crippen MR) is 115 cm³/mol. The van der Waals surface area contributed by atoms with E-state index in [9.17, 15) is 4.79 Å². The van der Waals surface area contributed by atoms with Gasteiger partial charge in [-0.15, -0.1) is 5.10 Å². The second-order valence-electron chi connectivity index (χ2n) is 7.48. The van der Waals surface area contributed by atoms with Crippen molar-refractivity contribution in [3.63, 3.8) is 0 Å². The van der Waals surface area contributed by atoms with Crippen molar-refractivity contribution < 1.29 is 4.52 Å². The molecule has 1 aromatic heterocycles. The summed E-state index contributed by atoms with van der Waals surface area (Å²) in [5.74, 6) is 2.00. The third kappa shape index (κ3) is 3.45. The van der Waals surface area contributed by atoms with Gasteiger partial charge < -0.3 is 9.09 Å². The second-order valence-corrected chi connectivity index (χ2v) is 8.42. The van der Waals surface area contributed by atoms with Crippen LogP contribution in [-0.2, 0) is 25.1 Å². The highest BCUT2D eigenvalue weighted by atomic mass is 32.2. The van der Waals surface area contributed by atoms with Gasteiger partial charge in [0.05, 0.1) is 17.1 Å². The quantitative estimate of drug-likeness (QED) is 0.357. The molecule has 3 aliphatic rings. The molecule has 0 bridgehead atoms. The molecule has 1 aromatic carbocycles. The van der Waals surface area contributed by atoms with Crippen molar-refractivity contribution in [3.05, 3.63) is 63.9 Å². The lowest BCUT2D eigenvalue weighted by atomic mass is 10.1. The van der Waals surface area contributed by atoms with Gasteiger partial charge in [0, 0.05) is 18.3 Å². The maximum atomic E-state index is 13.3. The molecule has 0 spiro atoms. The van der Waals surface area contributed by atoms with Crippen LogP contribution in [0.2, 0.25) is 0 Å². The van der Waals surface area contributed by atoms with Crippen LogP contribution in [0, 0.1) is 0 Å². The van der Waals surface area contributed by atoms with Crippen LogP contribution in [0.5, 0.6) is 0 Å². The molecule has 30 heavy (non-hydrogen) atoms. The summed E-state index contributed by atoms with van der Waals surface area (Å²) < 4.78 is 9.13. The molecular weight excluding hydrogens is 398 g/mol. The molecule has 0 saturated carbocycles. The Morgan fingerprint density at radius 2 is 2.03 bits per heavy atom. The van der Waals surface area contributed by atoms with E-state index in [1.54, 1.807) is 11.8 Å². The summed E-state index contributed by atoms with van der Waals surface area (Å²) in [7, 11) is 0. The molecule has 154 valence electrons. The van der Waals surface area contributed by atoms with Gasteiger partial charge in [-0.1, -0.05) is 48.5 Å². The van der Waals surface area contributed by atoms with E-state index in [4.69, 9.17) is 9.51 Å². The first-order valence-electron chi connectivity index (χ1n) is 10.4. The van der Waals surface area contributed by atoms with Crippen molar-refractivity contribution in [2.45, 2.75) is 56.5 Å². The third-order valence-corrected chi connectivity index (χ3v) is 6.48. The Balaban J connectivity index is 1.59. The maximum Gasteiger partial charge on any atom is 0.284 e. The van der Waals surface area contributed by atoms with Crippen molar-refractivity contribution in [2.24, 2.45) is 0 Å². The monoisotopic (exact) mass is 421 g/mol. The molecule has 3 aliphatic heterocycles. The van der Waals surface area contributed by atoms with Gasteiger partial charge in [0.15, 0.2) is 11.0 Å². The number of hydrogen-bond acceptors (Lipinski definition) is 6. The molecule has 7 nitrogen and oxygen atoms in total. The van der Waals surface area contributed by atoms with Gasteiger partial charge in [-0.3, -0.25) is 4.79 Å². The molecule has 0 amide bonds. The predicted octanol–water partition coefficient (Wildman–Crippen LogP) is 4.10. The van der Waals surface area contributed by atoms with Gasteiger partial charge in [-0.05, 0) is 37.8 Å². The van der Waals surface area contributed by atoms with Crippen LogP contribution in [0.25, 0.3) is 17.1 Å². The number of hydrogen-bond donors (Lipinski definition) is 0. The van der Waals surface area contributed by atoms with E-state index in [2.05, 4.69) is 21.7 Å². The summed E-state index contributed by atoms with van der Waals surface area (Å²) in [6.45, 7) is 2.93. The van der Waals surface area contributed by atoms with E-state index in [0.29, 0.717) is 17.1 Å². The minimum absolute atomic E-state index is 0.0891. The first kappa shape index (κ1) is 19.1. The summed E-state index contributed by atoms with van der Waals surface area (Å²) in [4.78, 5) is 18.1. The zero-order valence-corrected chi connectivity index (χ0v) is 17.7. The first-order valence-corrected chi connectivity index (χ1v) is 11.4. The van der Waals surface area contributed by atoms with Crippen LogP contribution in [0.4, 0.5) is 0 Å². The summed E-state index contributed by atoms with van der Waals surface area (Å²) in [6, 6.07) is 11.5. The minimum Gasteiger partial charge on any atom is -0.360 e. The Bertz CT molecular complexity index is 1190. The highest BCUT2D eigenvalue weighted by Crippen LogP contribution is 2.31. The van der Waals surface area contributed by atoms with Crippen LogP contribution >= 0.6 is 11.8 Å². The number of aryl methyl sites for hydroxylation is 1. The smallest absolute Gasteiger partial charge is 0.284 e. The van der Waals surface area contributed by atoms with Crippen molar-refractivity contribution in [1.29, 1.82) is 0 Å². The van der Waals surface area contributed by atoms with E-state index in [0.717, 1.165) is 66.6 Å². The highest BCUT2D eigenvalue weighted by molar-refractivity contribution is 7.98. The van der Waals surface area contributed by atoms with Crippen molar-refractivity contribution in [1.82, 2.24) is 24.5 Å². The minimum atomic E-state index is -0.0891. The molecule has 2 aromatic rings. The van der Waals surface area contributed by atoms with Gasteiger partial charge in [0.1, 0.15) is 11.3 Å². The molecule has 0 N–H and O–H groups in total. The van der Waals surface area contributed by atoms with Crippen LogP contribution < -0.4 is 5.56 Å². The molecule has 4 heterocycles. The fraction of sp³-hybridized carbons (Fsp3) is 0.364. The number of benzene rings is 1. The number of fused-ring (bicyclic) bond motifs is 3. The Hall–Kier alpha value is -2.87. The number of para-hydroxylation sites is 1. The van der Waals surface area contributed by atoms with Crippen molar-refractivity contribution >= 4 is 11.8 Å². The molecular formula is C22H23N5O2S. The number of thioether (sulfide) groups is 1. The standard InChI is InChI=1S/C22H23N5O2S/c1-2-15-13-17(29-25-15)14-30-22-23-20-19(18-11-7-4-8-12-26(18)22)21(28)27(24-20)16-9-5-3-6-10-16/h3,5-6,9-10,13H,2,4,7-8,11-12,14H2,1H3. The summed E-state index contributed by atoms with van der Waals surface area (Å²) in [5, 5.41) is 9.54. The van der Waals surface area contributed by atoms with Crippen LogP contribution in [0.15, 0.2) is 50.9 Å². The Labute approximate surface area is 178 Å². The molecule has 0 aliphatic carbocycles. The molecule has 0 radical (unpaired) electrons. The van der Waals surface area contributed by atoms with E-state index in [1.807, 2.05) is 36.4 Å². The number of nitrogens with zero attached hydrogens (tertiary/aromatic N) is 5. The summed E-state index contributed by atoms with van der Waals surface area (Å²) in [5.41, 5.74) is 3.33. The largest absolute Gasteiger partial charge is 0.360 e. The lowest BCUT2D eigenvalue weighted by molar-refractivity contribution is 0.388. The number of aromatic nitrogens is 5. The average Bonchev–Trinajstić information content (AvgIpc) is 3.28. The van der Waals surface area contributed by atoms with Crippen LogP contribution in [-0.4, -0.2) is 24.5 Å². The fourth-order valence-corrected chi connectivity index (χ4v) is 4.85. The average molecular weight is 422 g/mol. The Morgan fingerprint density at radius 1 is 1.17 bits per heavy atom. The van der Waals surface area contributed by atoms with E-state index in [-0.39, 0.29) is 5.56 Å². The van der Waals surface area contributed by atoms with Crippen molar-refractivity contribution in [2.75, 3.05) is 0 Å². The lowest BCUT2D eigenvalue weighted by Crippen LogP contribution is -2.19. The highest BCUT2D eigenvalue weighted by Gasteiger charge is 2.27. The van der Waals surface area contributed by atoms with Gasteiger partial charge in [-0.25, -0.2) is 4.98 Å². The molecule has 5 rings (SSSR count). The normalized spacial score (nSPS) is 14.0. The van der Waals surface area contributed by atoms with E-state index < -0.39 is 0 Å². The molecule has 0 fully saturated rings. The topological polar surface area (TPSA) is 78.7 Å². The van der Waals surface area contributed by atoms with E-state index in [1.165, 1.54) is 4.68 Å². The Morgan fingerprint density at radius 3 is 2.83 bits per heavy atom. The summed E-state index contributed by atoms with van der Waals surface area (Å²) >= 11 is 1.61. The SMILES string of the molecule is CCc1cc(CSc2nc3nn(-c4ccccc4)c(=O)c-3c3n2CCCCC3)on1. The molecule has 8 heteroatoms. The number of rotatable bonds is 5.